The van der Waals surface area contributed by atoms with Crippen molar-refractivity contribution in [2.75, 3.05) is 5.75 Å². The highest BCUT2D eigenvalue weighted by Crippen LogP contribution is 2.50. The molecule has 3 atom stereocenters. The average Bonchev–Trinajstić information content (AvgIpc) is 3.19. The molecular weight excluding hydrogens is 340 g/mol. The summed E-state index contributed by atoms with van der Waals surface area (Å²) in [5.74, 6) is 1.15. The zero-order chi connectivity index (χ0) is 17.8. The molecule has 1 aliphatic carbocycles. The Bertz CT molecular complexity index is 852. The molecule has 0 N–H and O–H groups in total. The van der Waals surface area contributed by atoms with Crippen molar-refractivity contribution in [2.45, 2.75) is 64.2 Å². The summed E-state index contributed by atoms with van der Waals surface area (Å²) in [6.45, 7) is 6.86. The van der Waals surface area contributed by atoms with E-state index in [2.05, 4.69) is 53.4 Å². The van der Waals surface area contributed by atoms with Crippen molar-refractivity contribution >= 4 is 16.9 Å². The van der Waals surface area contributed by atoms with Crippen LogP contribution in [-0.2, 0) is 0 Å². The van der Waals surface area contributed by atoms with Gasteiger partial charge >= 0.3 is 0 Å². The molecule has 0 unspecified atom stereocenters. The molecule has 0 spiro atoms. The van der Waals surface area contributed by atoms with Crippen LogP contribution in [0.1, 0.15) is 67.0 Å². The molecule has 2 fully saturated rings. The fourth-order valence-corrected chi connectivity index (χ4v) is 6.02. The van der Waals surface area contributed by atoms with Gasteiger partial charge in [-0.2, -0.15) is 0 Å². The number of rotatable bonds is 4. The van der Waals surface area contributed by atoms with E-state index in [4.69, 9.17) is 4.99 Å². The molecule has 2 aliphatic heterocycles. The van der Waals surface area contributed by atoms with Gasteiger partial charge < -0.3 is 9.47 Å². The van der Waals surface area contributed by atoms with E-state index in [1.807, 2.05) is 24.0 Å². The van der Waals surface area contributed by atoms with E-state index in [-0.39, 0.29) is 12.1 Å². The van der Waals surface area contributed by atoms with Gasteiger partial charge in [-0.25, -0.2) is 0 Å². The molecule has 0 aromatic carbocycles. The number of amidine groups is 1. The van der Waals surface area contributed by atoms with Gasteiger partial charge in [-0.3, -0.25) is 9.98 Å². The van der Waals surface area contributed by atoms with Crippen LogP contribution >= 0.6 is 11.8 Å². The molecule has 4 heterocycles. The Morgan fingerprint density at radius 3 is 2.77 bits per heavy atom. The normalized spacial score (nSPS) is 27.7. The minimum atomic E-state index is 0.0983. The van der Waals surface area contributed by atoms with Crippen LogP contribution in [0.3, 0.4) is 0 Å². The predicted octanol–water partition coefficient (Wildman–Crippen LogP) is 4.81. The van der Waals surface area contributed by atoms with Crippen molar-refractivity contribution in [3.05, 3.63) is 53.1 Å². The largest absolute Gasteiger partial charge is 0.346 e. The standard InChI is InChI=1S/C21H26N4S/c1-4-15-12-26-21-23-19(18-7-5-6-10-22-18)20(25(15)21)17-11-13(2)24(14(17)3)16-8-9-16/h5-7,10-11,15-16,19-20H,4,8-9,12H2,1-3H3/t15-,19+,20-/m1/s1. The quantitative estimate of drug-likeness (QED) is 0.778. The summed E-state index contributed by atoms with van der Waals surface area (Å²) in [5.41, 5.74) is 5.36. The lowest BCUT2D eigenvalue weighted by molar-refractivity contribution is 0.254. The third kappa shape index (κ3) is 2.43. The third-order valence-electron chi connectivity index (χ3n) is 6.08. The number of aliphatic imine (C=N–C) groups is 1. The Balaban J connectivity index is 1.62. The molecule has 136 valence electrons. The third-order valence-corrected chi connectivity index (χ3v) is 7.21. The van der Waals surface area contributed by atoms with Crippen LogP contribution in [0.4, 0.5) is 0 Å². The summed E-state index contributed by atoms with van der Waals surface area (Å²) in [6, 6.07) is 10.3. The number of fused-ring (bicyclic) bond motifs is 1. The molecule has 4 nitrogen and oxygen atoms in total. The van der Waals surface area contributed by atoms with Crippen LogP contribution in [0.15, 0.2) is 35.5 Å². The lowest BCUT2D eigenvalue weighted by atomic mass is 9.95. The van der Waals surface area contributed by atoms with Gasteiger partial charge in [0.2, 0.25) is 0 Å². The molecule has 5 heteroatoms. The van der Waals surface area contributed by atoms with Gasteiger partial charge in [0.25, 0.3) is 0 Å². The SMILES string of the molecule is CC[C@@H]1CSC2=N[C@@H](c3ccccn3)[C@@H](c3cc(C)n(C4CC4)c3C)N21. The molecule has 2 aromatic heterocycles. The lowest BCUT2D eigenvalue weighted by Gasteiger charge is -2.32. The Morgan fingerprint density at radius 1 is 1.23 bits per heavy atom. The first kappa shape index (κ1) is 16.4. The molecule has 1 saturated heterocycles. The number of thioether (sulfide) groups is 1. The fourth-order valence-electron chi connectivity index (χ4n) is 4.68. The molecule has 26 heavy (non-hydrogen) atoms. The second-order valence-corrected chi connectivity index (χ2v) is 8.75. The lowest BCUT2D eigenvalue weighted by Crippen LogP contribution is -2.35. The highest BCUT2D eigenvalue weighted by atomic mass is 32.2. The van der Waals surface area contributed by atoms with Crippen LogP contribution in [-0.4, -0.2) is 31.4 Å². The van der Waals surface area contributed by atoms with Crippen molar-refractivity contribution in [3.63, 3.8) is 0 Å². The van der Waals surface area contributed by atoms with Gasteiger partial charge in [0.15, 0.2) is 5.17 Å². The summed E-state index contributed by atoms with van der Waals surface area (Å²) in [5, 5.41) is 1.22. The Labute approximate surface area is 159 Å². The molecule has 3 aliphatic rings. The molecule has 0 radical (unpaired) electrons. The first-order valence-electron chi connectivity index (χ1n) is 9.77. The molecule has 1 saturated carbocycles. The summed E-state index contributed by atoms with van der Waals surface area (Å²) in [6.07, 6.45) is 5.71. The van der Waals surface area contributed by atoms with Crippen LogP contribution in [0.25, 0.3) is 0 Å². The zero-order valence-corrected chi connectivity index (χ0v) is 16.5. The predicted molar refractivity (Wildman–Crippen MR) is 108 cm³/mol. The highest BCUT2D eigenvalue weighted by molar-refractivity contribution is 8.14. The second kappa shape index (κ2) is 6.15. The molecule has 2 aromatic rings. The molecular formula is C21H26N4S. The van der Waals surface area contributed by atoms with E-state index >= 15 is 0 Å². The molecule has 0 amide bonds. The monoisotopic (exact) mass is 366 g/mol. The van der Waals surface area contributed by atoms with E-state index < -0.39 is 0 Å². The summed E-state index contributed by atoms with van der Waals surface area (Å²) >= 11 is 1.92. The number of nitrogens with zero attached hydrogens (tertiary/aromatic N) is 4. The van der Waals surface area contributed by atoms with Crippen LogP contribution in [0, 0.1) is 13.8 Å². The Hall–Kier alpha value is -1.75. The fraction of sp³-hybridized carbons (Fsp3) is 0.524. The van der Waals surface area contributed by atoms with Crippen molar-refractivity contribution in [1.29, 1.82) is 0 Å². The van der Waals surface area contributed by atoms with Gasteiger partial charge in [-0.1, -0.05) is 24.8 Å². The minimum Gasteiger partial charge on any atom is -0.346 e. The Morgan fingerprint density at radius 2 is 2.08 bits per heavy atom. The number of hydrogen-bond donors (Lipinski definition) is 0. The van der Waals surface area contributed by atoms with E-state index in [0.717, 1.165) is 11.4 Å². The van der Waals surface area contributed by atoms with Gasteiger partial charge in [-0.15, -0.1) is 0 Å². The minimum absolute atomic E-state index is 0.0983. The summed E-state index contributed by atoms with van der Waals surface area (Å²) in [7, 11) is 0. The maximum Gasteiger partial charge on any atom is 0.160 e. The van der Waals surface area contributed by atoms with E-state index in [1.165, 1.54) is 41.4 Å². The number of aryl methyl sites for hydroxylation is 1. The van der Waals surface area contributed by atoms with Crippen molar-refractivity contribution in [2.24, 2.45) is 4.99 Å². The van der Waals surface area contributed by atoms with Crippen molar-refractivity contribution in [1.82, 2.24) is 14.5 Å². The smallest absolute Gasteiger partial charge is 0.160 e. The first-order valence-corrected chi connectivity index (χ1v) is 10.8. The van der Waals surface area contributed by atoms with Gasteiger partial charge in [0.05, 0.1) is 11.7 Å². The van der Waals surface area contributed by atoms with Crippen molar-refractivity contribution < 1.29 is 0 Å². The Kier molecular flexibility index (Phi) is 3.89. The van der Waals surface area contributed by atoms with Crippen LogP contribution in [0.2, 0.25) is 0 Å². The molecule has 0 bridgehead atoms. The molecule has 5 rings (SSSR count). The number of aromatic nitrogens is 2. The van der Waals surface area contributed by atoms with Crippen LogP contribution < -0.4 is 0 Å². The average molecular weight is 367 g/mol. The van der Waals surface area contributed by atoms with E-state index in [0.29, 0.717) is 12.1 Å². The number of pyridine rings is 1. The van der Waals surface area contributed by atoms with Crippen molar-refractivity contribution in [3.8, 4) is 0 Å². The maximum atomic E-state index is 5.15. The van der Waals surface area contributed by atoms with Gasteiger partial charge in [-0.05, 0) is 56.9 Å². The summed E-state index contributed by atoms with van der Waals surface area (Å²) in [4.78, 5) is 12.4. The summed E-state index contributed by atoms with van der Waals surface area (Å²) < 4.78 is 2.56. The van der Waals surface area contributed by atoms with Gasteiger partial charge in [0.1, 0.15) is 6.04 Å². The second-order valence-electron chi connectivity index (χ2n) is 7.76. The van der Waals surface area contributed by atoms with E-state index in [9.17, 15) is 0 Å². The number of hydrogen-bond acceptors (Lipinski definition) is 4. The van der Waals surface area contributed by atoms with E-state index in [1.54, 1.807) is 0 Å². The zero-order valence-electron chi connectivity index (χ0n) is 15.7. The van der Waals surface area contributed by atoms with Gasteiger partial charge in [0, 0.05) is 35.4 Å². The van der Waals surface area contributed by atoms with Crippen LogP contribution in [0.5, 0.6) is 0 Å². The highest BCUT2D eigenvalue weighted by Gasteiger charge is 2.46. The maximum absolute atomic E-state index is 5.15. The topological polar surface area (TPSA) is 33.4 Å². The first-order chi connectivity index (χ1) is 12.7.